The molecule has 0 bridgehead atoms. The SMILES string of the molecule is CN(C(=O)CSCc1ccccn1)[C@@H]1CC(=O)N(Cc2ccccc2)C1=O. The lowest BCUT2D eigenvalue weighted by Gasteiger charge is -2.23. The minimum Gasteiger partial charge on any atom is -0.332 e. The molecule has 0 aliphatic carbocycles. The minimum absolute atomic E-state index is 0.0405. The van der Waals surface area contributed by atoms with E-state index in [4.69, 9.17) is 0 Å². The van der Waals surface area contributed by atoms with Crippen LogP contribution in [0.2, 0.25) is 0 Å². The highest BCUT2D eigenvalue weighted by molar-refractivity contribution is 7.99. The van der Waals surface area contributed by atoms with Gasteiger partial charge in [-0.2, -0.15) is 0 Å². The van der Waals surface area contributed by atoms with Crippen LogP contribution in [0.4, 0.5) is 0 Å². The molecular formula is C20H21N3O3S. The summed E-state index contributed by atoms with van der Waals surface area (Å²) in [7, 11) is 1.59. The van der Waals surface area contributed by atoms with E-state index >= 15 is 0 Å². The zero-order valence-electron chi connectivity index (χ0n) is 15.1. The number of imide groups is 1. The highest BCUT2D eigenvalue weighted by Crippen LogP contribution is 2.21. The monoisotopic (exact) mass is 383 g/mol. The van der Waals surface area contributed by atoms with Gasteiger partial charge in [0.1, 0.15) is 6.04 Å². The van der Waals surface area contributed by atoms with Gasteiger partial charge in [0.25, 0.3) is 5.91 Å². The summed E-state index contributed by atoms with van der Waals surface area (Å²) in [4.78, 5) is 44.2. The molecular weight excluding hydrogens is 362 g/mol. The molecule has 1 atom stereocenters. The van der Waals surface area contributed by atoms with Crippen LogP contribution in [0.1, 0.15) is 17.7 Å². The van der Waals surface area contributed by atoms with Gasteiger partial charge < -0.3 is 4.90 Å². The van der Waals surface area contributed by atoms with Crippen LogP contribution < -0.4 is 0 Å². The summed E-state index contributed by atoms with van der Waals surface area (Å²) in [6.07, 6.45) is 1.76. The lowest BCUT2D eigenvalue weighted by atomic mass is 10.2. The van der Waals surface area contributed by atoms with Crippen LogP contribution in [0.25, 0.3) is 0 Å². The predicted octanol–water partition coefficient (Wildman–Crippen LogP) is 2.10. The Morgan fingerprint density at radius 1 is 1.19 bits per heavy atom. The van der Waals surface area contributed by atoms with Gasteiger partial charge in [-0.15, -0.1) is 11.8 Å². The van der Waals surface area contributed by atoms with E-state index in [0.29, 0.717) is 5.75 Å². The number of benzene rings is 1. The molecule has 6 nitrogen and oxygen atoms in total. The van der Waals surface area contributed by atoms with Crippen molar-refractivity contribution in [3.05, 3.63) is 66.0 Å². The van der Waals surface area contributed by atoms with Crippen molar-refractivity contribution in [1.29, 1.82) is 0 Å². The van der Waals surface area contributed by atoms with Gasteiger partial charge in [0.05, 0.1) is 24.4 Å². The fourth-order valence-electron chi connectivity index (χ4n) is 2.90. The largest absolute Gasteiger partial charge is 0.332 e. The number of nitrogens with zero attached hydrogens (tertiary/aromatic N) is 3. The van der Waals surface area contributed by atoms with E-state index in [-0.39, 0.29) is 36.4 Å². The Morgan fingerprint density at radius 3 is 2.63 bits per heavy atom. The molecule has 1 fully saturated rings. The second-order valence-corrected chi connectivity index (χ2v) is 7.33. The fraction of sp³-hybridized carbons (Fsp3) is 0.300. The van der Waals surface area contributed by atoms with Crippen LogP contribution in [-0.2, 0) is 26.7 Å². The van der Waals surface area contributed by atoms with Crippen molar-refractivity contribution in [2.75, 3.05) is 12.8 Å². The number of rotatable bonds is 7. The van der Waals surface area contributed by atoms with Crippen molar-refractivity contribution in [3.63, 3.8) is 0 Å². The van der Waals surface area contributed by atoms with Crippen LogP contribution >= 0.6 is 11.8 Å². The summed E-state index contributed by atoms with van der Waals surface area (Å²) in [5.74, 6) is 0.148. The Morgan fingerprint density at radius 2 is 1.93 bits per heavy atom. The lowest BCUT2D eigenvalue weighted by Crippen LogP contribution is -2.43. The highest BCUT2D eigenvalue weighted by atomic mass is 32.2. The Kier molecular flexibility index (Phi) is 6.24. The number of likely N-dealkylation sites (N-methyl/N-ethyl adjacent to an activating group) is 1. The number of likely N-dealkylation sites (tertiary alicyclic amines) is 1. The minimum atomic E-state index is -0.718. The zero-order valence-corrected chi connectivity index (χ0v) is 15.9. The van der Waals surface area contributed by atoms with Crippen LogP contribution in [0, 0.1) is 0 Å². The van der Waals surface area contributed by atoms with E-state index < -0.39 is 6.04 Å². The number of amides is 3. The summed E-state index contributed by atoms with van der Waals surface area (Å²) < 4.78 is 0. The molecule has 3 rings (SSSR count). The van der Waals surface area contributed by atoms with Crippen molar-refractivity contribution >= 4 is 29.5 Å². The van der Waals surface area contributed by atoms with Gasteiger partial charge in [-0.3, -0.25) is 24.3 Å². The molecule has 3 amide bonds. The standard InChI is InChI=1S/C20H21N3O3S/c1-22(19(25)14-27-13-16-9-5-6-10-21-16)17-11-18(24)23(20(17)26)12-15-7-3-2-4-8-15/h2-10,17H,11-14H2,1H3/t17-/m1/s1. The van der Waals surface area contributed by atoms with Crippen LogP contribution in [0.15, 0.2) is 54.7 Å². The van der Waals surface area contributed by atoms with Crippen molar-refractivity contribution < 1.29 is 14.4 Å². The molecule has 1 aliphatic rings. The van der Waals surface area contributed by atoms with Crippen molar-refractivity contribution in [2.45, 2.75) is 24.8 Å². The van der Waals surface area contributed by atoms with Crippen LogP contribution in [0.5, 0.6) is 0 Å². The first-order valence-corrected chi connectivity index (χ1v) is 9.83. The van der Waals surface area contributed by atoms with E-state index in [2.05, 4.69) is 4.98 Å². The van der Waals surface area contributed by atoms with Crippen molar-refractivity contribution in [2.24, 2.45) is 0 Å². The maximum Gasteiger partial charge on any atom is 0.252 e. The number of carbonyl (C=O) groups excluding carboxylic acids is 3. The first-order valence-electron chi connectivity index (χ1n) is 8.67. The molecule has 0 radical (unpaired) electrons. The molecule has 1 saturated heterocycles. The molecule has 0 spiro atoms. The number of aromatic nitrogens is 1. The first-order chi connectivity index (χ1) is 13.1. The summed E-state index contributed by atoms with van der Waals surface area (Å²) in [6.45, 7) is 0.242. The number of carbonyl (C=O) groups is 3. The summed E-state index contributed by atoms with van der Waals surface area (Å²) in [5, 5.41) is 0. The van der Waals surface area contributed by atoms with E-state index in [1.54, 1.807) is 13.2 Å². The van der Waals surface area contributed by atoms with E-state index in [1.807, 2.05) is 48.5 Å². The van der Waals surface area contributed by atoms with E-state index in [0.717, 1.165) is 11.3 Å². The van der Waals surface area contributed by atoms with Gasteiger partial charge >= 0.3 is 0 Å². The van der Waals surface area contributed by atoms with Gasteiger partial charge in [-0.05, 0) is 17.7 Å². The average molecular weight is 383 g/mol. The van der Waals surface area contributed by atoms with Crippen molar-refractivity contribution in [1.82, 2.24) is 14.8 Å². The molecule has 1 aromatic heterocycles. The third-order valence-corrected chi connectivity index (χ3v) is 5.42. The van der Waals surface area contributed by atoms with E-state index in [9.17, 15) is 14.4 Å². The number of thioether (sulfide) groups is 1. The molecule has 0 N–H and O–H groups in total. The maximum absolute atomic E-state index is 12.7. The zero-order chi connectivity index (χ0) is 19.2. The smallest absolute Gasteiger partial charge is 0.252 e. The van der Waals surface area contributed by atoms with Gasteiger partial charge in [0.15, 0.2) is 0 Å². The molecule has 7 heteroatoms. The van der Waals surface area contributed by atoms with Crippen LogP contribution in [-0.4, -0.2) is 51.3 Å². The fourth-order valence-corrected chi connectivity index (χ4v) is 3.76. The summed E-state index contributed by atoms with van der Waals surface area (Å²) >= 11 is 1.44. The van der Waals surface area contributed by atoms with Crippen molar-refractivity contribution in [3.8, 4) is 0 Å². The molecule has 2 aromatic rings. The predicted molar refractivity (Wildman–Crippen MR) is 104 cm³/mol. The second kappa shape index (κ2) is 8.81. The Labute approximate surface area is 162 Å². The molecule has 1 aliphatic heterocycles. The number of hydrogen-bond acceptors (Lipinski definition) is 5. The lowest BCUT2D eigenvalue weighted by molar-refractivity contribution is -0.143. The Balaban J connectivity index is 1.54. The normalized spacial score (nSPS) is 16.6. The van der Waals surface area contributed by atoms with Gasteiger partial charge in [0.2, 0.25) is 11.8 Å². The number of hydrogen-bond donors (Lipinski definition) is 0. The topological polar surface area (TPSA) is 70.6 Å². The third kappa shape index (κ3) is 4.74. The Bertz CT molecular complexity index is 814. The first kappa shape index (κ1) is 19.1. The molecule has 0 saturated carbocycles. The summed E-state index contributed by atoms with van der Waals surface area (Å²) in [6, 6.07) is 14.3. The quantitative estimate of drug-likeness (QED) is 0.685. The molecule has 140 valence electrons. The average Bonchev–Trinajstić information content (AvgIpc) is 2.97. The highest BCUT2D eigenvalue weighted by Gasteiger charge is 2.42. The molecule has 27 heavy (non-hydrogen) atoms. The van der Waals surface area contributed by atoms with Crippen LogP contribution in [0.3, 0.4) is 0 Å². The maximum atomic E-state index is 12.7. The van der Waals surface area contributed by atoms with Gasteiger partial charge in [-0.1, -0.05) is 36.4 Å². The molecule has 1 aromatic carbocycles. The summed E-state index contributed by atoms with van der Waals surface area (Å²) in [5.41, 5.74) is 1.79. The van der Waals surface area contributed by atoms with E-state index in [1.165, 1.54) is 21.6 Å². The molecule has 2 heterocycles. The number of pyridine rings is 1. The molecule has 0 unspecified atom stereocenters. The van der Waals surface area contributed by atoms with Gasteiger partial charge in [-0.25, -0.2) is 0 Å². The Hall–Kier alpha value is -2.67. The third-order valence-electron chi connectivity index (χ3n) is 4.47. The van der Waals surface area contributed by atoms with Gasteiger partial charge in [0, 0.05) is 19.0 Å². The second-order valence-electron chi connectivity index (χ2n) is 6.34.